The minimum absolute atomic E-state index is 0.0552. The predicted molar refractivity (Wildman–Crippen MR) is 80.8 cm³/mol. The van der Waals surface area contributed by atoms with Gasteiger partial charge in [0.05, 0.1) is 4.92 Å². The van der Waals surface area contributed by atoms with E-state index in [1.807, 2.05) is 14.0 Å². The van der Waals surface area contributed by atoms with Crippen molar-refractivity contribution >= 4 is 32.0 Å². The van der Waals surface area contributed by atoms with E-state index in [0.717, 1.165) is 18.9 Å². The van der Waals surface area contributed by atoms with Gasteiger partial charge in [0.2, 0.25) is 10.0 Å². The van der Waals surface area contributed by atoms with Crippen LogP contribution in [0.2, 0.25) is 0 Å². The Morgan fingerprint density at radius 3 is 2.71 bits per heavy atom. The molecule has 1 aliphatic rings. The Hall–Kier alpha value is -1.23. The fourth-order valence-electron chi connectivity index (χ4n) is 1.94. The molecule has 0 saturated heterocycles. The molecule has 1 saturated carbocycles. The van der Waals surface area contributed by atoms with E-state index in [4.69, 9.17) is 5.73 Å². The van der Waals surface area contributed by atoms with E-state index in [2.05, 4.69) is 9.62 Å². The fraction of sp³-hybridized carbons (Fsp3) is 0.636. The summed E-state index contributed by atoms with van der Waals surface area (Å²) < 4.78 is 26.6. The second kappa shape index (κ2) is 5.87. The third-order valence-electron chi connectivity index (χ3n) is 3.57. The topological polar surface area (TPSA) is 119 Å². The van der Waals surface area contributed by atoms with Crippen LogP contribution in [0.3, 0.4) is 0 Å². The van der Waals surface area contributed by atoms with Gasteiger partial charge in [-0.1, -0.05) is 11.3 Å². The van der Waals surface area contributed by atoms with E-state index >= 15 is 0 Å². The van der Waals surface area contributed by atoms with Crippen molar-refractivity contribution in [2.24, 2.45) is 0 Å². The van der Waals surface area contributed by atoms with Gasteiger partial charge in [0.25, 0.3) is 0 Å². The van der Waals surface area contributed by atoms with Gasteiger partial charge >= 0.3 is 5.69 Å². The SMILES string of the molecule is CC(CNS(=O)(=O)c1cc([N+](=O)[O-])c(N)s1)N(C)C1CC1. The molecule has 0 aliphatic heterocycles. The lowest BCUT2D eigenvalue weighted by atomic mass is 10.3. The van der Waals surface area contributed by atoms with Crippen LogP contribution in [-0.4, -0.2) is 43.9 Å². The second-order valence-electron chi connectivity index (χ2n) is 5.17. The van der Waals surface area contributed by atoms with E-state index in [1.165, 1.54) is 0 Å². The Bertz CT molecular complexity index is 639. The number of hydrogen-bond acceptors (Lipinski definition) is 7. The van der Waals surface area contributed by atoms with Gasteiger partial charge in [-0.2, -0.15) is 0 Å². The molecule has 3 N–H and O–H groups in total. The smallest absolute Gasteiger partial charge is 0.304 e. The Labute approximate surface area is 127 Å². The summed E-state index contributed by atoms with van der Waals surface area (Å²) in [7, 11) is -1.81. The van der Waals surface area contributed by atoms with Gasteiger partial charge in [-0.15, -0.1) is 0 Å². The zero-order valence-corrected chi connectivity index (χ0v) is 13.4. The maximum absolute atomic E-state index is 12.1. The number of nitrogens with zero attached hydrogens (tertiary/aromatic N) is 2. The van der Waals surface area contributed by atoms with Crippen LogP contribution in [-0.2, 0) is 10.0 Å². The molecular formula is C11H18N4O4S2. The van der Waals surface area contributed by atoms with E-state index in [1.54, 1.807) is 0 Å². The van der Waals surface area contributed by atoms with Gasteiger partial charge in [0.1, 0.15) is 4.21 Å². The van der Waals surface area contributed by atoms with Crippen LogP contribution < -0.4 is 10.5 Å². The number of nitro groups is 1. The minimum Gasteiger partial charge on any atom is -0.385 e. The van der Waals surface area contributed by atoms with E-state index in [0.29, 0.717) is 17.4 Å². The van der Waals surface area contributed by atoms with Crippen LogP contribution in [0.4, 0.5) is 10.7 Å². The fourth-order valence-corrected chi connectivity index (χ4v) is 4.32. The van der Waals surface area contributed by atoms with E-state index in [-0.39, 0.29) is 27.5 Å². The van der Waals surface area contributed by atoms with E-state index < -0.39 is 14.9 Å². The number of anilines is 1. The quantitative estimate of drug-likeness (QED) is 0.567. The number of likely N-dealkylation sites (N-methyl/N-ethyl adjacent to an activating group) is 1. The zero-order chi connectivity index (χ0) is 15.8. The standard InChI is InChI=1S/C11H18N4O4S2/c1-7(14(2)8-3-4-8)6-13-21(18,19)10-5-9(15(16)17)11(12)20-10/h5,7-8,13H,3-4,6,12H2,1-2H3. The molecule has 1 unspecified atom stereocenters. The highest BCUT2D eigenvalue weighted by Gasteiger charge is 2.30. The summed E-state index contributed by atoms with van der Waals surface area (Å²) in [5.74, 6) is 0. The summed E-state index contributed by atoms with van der Waals surface area (Å²) in [5.41, 5.74) is 5.10. The van der Waals surface area contributed by atoms with Crippen LogP contribution in [0, 0.1) is 10.1 Å². The number of nitrogen functional groups attached to an aromatic ring is 1. The molecule has 1 heterocycles. The van der Waals surface area contributed by atoms with Crippen molar-refractivity contribution in [3.8, 4) is 0 Å². The average Bonchev–Trinajstić information content (AvgIpc) is 3.17. The van der Waals surface area contributed by atoms with Crippen molar-refractivity contribution in [1.82, 2.24) is 9.62 Å². The lowest BCUT2D eigenvalue weighted by Crippen LogP contribution is -2.40. The summed E-state index contributed by atoms with van der Waals surface area (Å²) in [6.45, 7) is 2.19. The average molecular weight is 334 g/mol. The first kappa shape index (κ1) is 16.1. The Kier molecular flexibility index (Phi) is 4.51. The van der Waals surface area contributed by atoms with Crippen LogP contribution in [0.1, 0.15) is 19.8 Å². The number of nitrogens with two attached hydrogens (primary N) is 1. The maximum Gasteiger partial charge on any atom is 0.304 e. The van der Waals surface area contributed by atoms with Crippen molar-refractivity contribution in [3.63, 3.8) is 0 Å². The van der Waals surface area contributed by atoms with Gasteiger partial charge in [0.15, 0.2) is 5.00 Å². The second-order valence-corrected chi connectivity index (χ2v) is 8.25. The molecule has 21 heavy (non-hydrogen) atoms. The van der Waals surface area contributed by atoms with Gasteiger partial charge in [-0.05, 0) is 26.8 Å². The third kappa shape index (κ3) is 3.70. The predicted octanol–water partition coefficient (Wildman–Crippen LogP) is 1.000. The lowest BCUT2D eigenvalue weighted by Gasteiger charge is -2.24. The highest BCUT2D eigenvalue weighted by molar-refractivity contribution is 7.91. The summed E-state index contributed by atoms with van der Waals surface area (Å²) in [6.07, 6.45) is 2.28. The van der Waals surface area contributed by atoms with Crippen LogP contribution >= 0.6 is 11.3 Å². The number of hydrogen-bond donors (Lipinski definition) is 2. The number of thiophene rings is 1. The van der Waals surface area contributed by atoms with Crippen molar-refractivity contribution in [2.45, 2.75) is 36.1 Å². The van der Waals surface area contributed by atoms with Gasteiger partial charge in [-0.3, -0.25) is 15.0 Å². The normalized spacial score (nSPS) is 17.1. The van der Waals surface area contributed by atoms with Crippen molar-refractivity contribution < 1.29 is 13.3 Å². The molecule has 118 valence electrons. The molecule has 0 amide bonds. The summed E-state index contributed by atoms with van der Waals surface area (Å²) in [4.78, 5) is 12.2. The van der Waals surface area contributed by atoms with Crippen molar-refractivity contribution in [1.29, 1.82) is 0 Å². The lowest BCUT2D eigenvalue weighted by molar-refractivity contribution is -0.383. The van der Waals surface area contributed by atoms with Crippen LogP contribution in [0.5, 0.6) is 0 Å². The van der Waals surface area contributed by atoms with Gasteiger partial charge in [0, 0.05) is 24.7 Å². The van der Waals surface area contributed by atoms with Crippen LogP contribution in [0.25, 0.3) is 0 Å². The van der Waals surface area contributed by atoms with Gasteiger partial charge < -0.3 is 5.73 Å². The third-order valence-corrected chi connectivity index (χ3v) is 6.42. The van der Waals surface area contributed by atoms with Crippen molar-refractivity contribution in [3.05, 3.63) is 16.2 Å². The Balaban J connectivity index is 2.04. The molecule has 2 rings (SSSR count). The molecule has 0 aromatic carbocycles. The maximum atomic E-state index is 12.1. The summed E-state index contributed by atoms with van der Waals surface area (Å²) >= 11 is 0.700. The minimum atomic E-state index is -3.77. The highest BCUT2D eigenvalue weighted by atomic mass is 32.2. The zero-order valence-electron chi connectivity index (χ0n) is 11.8. The first-order chi connectivity index (χ1) is 9.72. The number of nitrogens with one attached hydrogen (secondary N) is 1. The molecule has 1 aliphatic carbocycles. The molecular weight excluding hydrogens is 316 g/mol. The molecule has 0 bridgehead atoms. The first-order valence-electron chi connectivity index (χ1n) is 6.47. The molecule has 10 heteroatoms. The van der Waals surface area contributed by atoms with Crippen molar-refractivity contribution in [2.75, 3.05) is 19.3 Å². The summed E-state index contributed by atoms with van der Waals surface area (Å²) in [5, 5.41) is 10.6. The van der Waals surface area contributed by atoms with E-state index in [9.17, 15) is 18.5 Å². The Morgan fingerprint density at radius 1 is 1.62 bits per heavy atom. The highest BCUT2D eigenvalue weighted by Crippen LogP contribution is 2.34. The molecule has 1 atom stereocenters. The molecule has 1 aromatic heterocycles. The largest absolute Gasteiger partial charge is 0.385 e. The monoisotopic (exact) mass is 334 g/mol. The van der Waals surface area contributed by atoms with Gasteiger partial charge in [-0.25, -0.2) is 13.1 Å². The first-order valence-corrected chi connectivity index (χ1v) is 8.77. The molecule has 8 nitrogen and oxygen atoms in total. The van der Waals surface area contributed by atoms with Crippen LogP contribution in [0.15, 0.2) is 10.3 Å². The number of rotatable bonds is 7. The molecule has 1 aromatic rings. The molecule has 0 radical (unpaired) electrons. The number of sulfonamides is 1. The molecule has 1 fully saturated rings. The Morgan fingerprint density at radius 2 is 2.24 bits per heavy atom. The summed E-state index contributed by atoms with van der Waals surface area (Å²) in [6, 6.07) is 1.58. The molecule has 0 spiro atoms.